The van der Waals surface area contributed by atoms with Crippen LogP contribution in [0.25, 0.3) is 5.69 Å². The van der Waals surface area contributed by atoms with Crippen molar-refractivity contribution in [3.05, 3.63) is 71.8 Å². The number of rotatable bonds is 8. The Labute approximate surface area is 173 Å². The molecule has 5 nitrogen and oxygen atoms in total. The summed E-state index contributed by atoms with van der Waals surface area (Å²) in [6, 6.07) is 16.3. The summed E-state index contributed by atoms with van der Waals surface area (Å²) in [5.74, 6) is 1.12. The standard InChI is InChI=1S/C22H23FN4OS/c1-15(21(28)24-14-13-16-7-11-18(23)12-8-16)29-22-25-20(17-9-10-17)27(26-22)19-5-3-2-4-6-19/h2-8,11-12,15,17H,9-10,13-14H2,1H3,(H,24,28)/t15-/m1/s1. The van der Waals surface area contributed by atoms with Crippen LogP contribution in [0.1, 0.15) is 37.1 Å². The molecular formula is C22H23FN4OS. The Morgan fingerprint density at radius 1 is 1.21 bits per heavy atom. The topological polar surface area (TPSA) is 59.8 Å². The highest BCUT2D eigenvalue weighted by atomic mass is 32.2. The number of carbonyl (C=O) groups is 1. The minimum Gasteiger partial charge on any atom is -0.355 e. The predicted octanol–water partition coefficient (Wildman–Crippen LogP) is 4.12. The van der Waals surface area contributed by atoms with E-state index in [9.17, 15) is 9.18 Å². The predicted molar refractivity (Wildman–Crippen MR) is 112 cm³/mol. The minimum absolute atomic E-state index is 0.0545. The first kappa shape index (κ1) is 19.6. The number of hydrogen-bond donors (Lipinski definition) is 1. The summed E-state index contributed by atoms with van der Waals surface area (Å²) in [5, 5.41) is 7.91. The van der Waals surface area contributed by atoms with Gasteiger partial charge >= 0.3 is 0 Å². The lowest BCUT2D eigenvalue weighted by Gasteiger charge is -2.10. The van der Waals surface area contributed by atoms with E-state index in [2.05, 4.69) is 10.4 Å². The molecule has 0 spiro atoms. The zero-order valence-electron chi connectivity index (χ0n) is 16.2. The normalized spacial score (nSPS) is 14.6. The van der Waals surface area contributed by atoms with Gasteiger partial charge < -0.3 is 5.32 Å². The van der Waals surface area contributed by atoms with Crippen LogP contribution in [-0.4, -0.2) is 32.5 Å². The average Bonchev–Trinajstić information content (AvgIpc) is 3.50. The molecule has 0 aliphatic heterocycles. The number of para-hydroxylation sites is 1. The van der Waals surface area contributed by atoms with Crippen LogP contribution in [0.5, 0.6) is 0 Å². The highest BCUT2D eigenvalue weighted by molar-refractivity contribution is 8.00. The first-order valence-electron chi connectivity index (χ1n) is 9.81. The molecule has 29 heavy (non-hydrogen) atoms. The van der Waals surface area contributed by atoms with Gasteiger partial charge in [-0.15, -0.1) is 5.10 Å². The summed E-state index contributed by atoms with van der Waals surface area (Å²) < 4.78 is 14.9. The smallest absolute Gasteiger partial charge is 0.233 e. The van der Waals surface area contributed by atoms with Gasteiger partial charge in [-0.1, -0.05) is 42.1 Å². The van der Waals surface area contributed by atoms with Crippen molar-refractivity contribution in [3.8, 4) is 5.69 Å². The van der Waals surface area contributed by atoms with Crippen LogP contribution in [-0.2, 0) is 11.2 Å². The molecule has 1 atom stereocenters. The van der Waals surface area contributed by atoms with Gasteiger partial charge in [-0.25, -0.2) is 14.1 Å². The van der Waals surface area contributed by atoms with E-state index in [1.165, 1.54) is 23.9 Å². The molecule has 0 bridgehead atoms. The summed E-state index contributed by atoms with van der Waals surface area (Å²) in [6.07, 6.45) is 2.93. The van der Waals surface area contributed by atoms with E-state index < -0.39 is 0 Å². The molecule has 3 aromatic rings. The van der Waals surface area contributed by atoms with Crippen molar-refractivity contribution in [2.75, 3.05) is 6.54 Å². The summed E-state index contributed by atoms with van der Waals surface area (Å²) in [7, 11) is 0. The van der Waals surface area contributed by atoms with Gasteiger partial charge in [-0.05, 0) is 56.0 Å². The second-order valence-corrected chi connectivity index (χ2v) is 8.51. The van der Waals surface area contributed by atoms with Crippen molar-refractivity contribution >= 4 is 17.7 Å². The Hall–Kier alpha value is -2.67. The third-order valence-electron chi connectivity index (χ3n) is 4.83. The van der Waals surface area contributed by atoms with Crippen molar-refractivity contribution in [2.24, 2.45) is 0 Å². The third-order valence-corrected chi connectivity index (χ3v) is 5.78. The highest BCUT2D eigenvalue weighted by Gasteiger charge is 2.31. The van der Waals surface area contributed by atoms with Crippen molar-refractivity contribution in [1.82, 2.24) is 20.1 Å². The Morgan fingerprint density at radius 3 is 2.62 bits per heavy atom. The lowest BCUT2D eigenvalue weighted by Crippen LogP contribution is -2.32. The fraction of sp³-hybridized carbons (Fsp3) is 0.318. The van der Waals surface area contributed by atoms with Crippen LogP contribution < -0.4 is 5.32 Å². The van der Waals surface area contributed by atoms with Gasteiger partial charge in [0.1, 0.15) is 11.6 Å². The van der Waals surface area contributed by atoms with E-state index in [-0.39, 0.29) is 17.0 Å². The second kappa shape index (κ2) is 8.78. The first-order chi connectivity index (χ1) is 14.1. The molecule has 0 saturated heterocycles. The van der Waals surface area contributed by atoms with E-state index in [1.54, 1.807) is 12.1 Å². The van der Waals surface area contributed by atoms with E-state index in [1.807, 2.05) is 41.9 Å². The number of nitrogens with zero attached hydrogens (tertiary/aromatic N) is 3. The fourth-order valence-electron chi connectivity index (χ4n) is 3.06. The van der Waals surface area contributed by atoms with Crippen LogP contribution in [0, 0.1) is 5.82 Å². The van der Waals surface area contributed by atoms with E-state index in [4.69, 9.17) is 4.98 Å². The summed E-state index contributed by atoms with van der Waals surface area (Å²) in [6.45, 7) is 2.37. The summed E-state index contributed by atoms with van der Waals surface area (Å²) in [5.41, 5.74) is 1.98. The molecule has 1 aromatic heterocycles. The van der Waals surface area contributed by atoms with Crippen molar-refractivity contribution in [2.45, 2.75) is 42.5 Å². The Morgan fingerprint density at radius 2 is 1.93 bits per heavy atom. The van der Waals surface area contributed by atoms with Crippen LogP contribution in [0.15, 0.2) is 59.8 Å². The van der Waals surface area contributed by atoms with Crippen LogP contribution in [0.4, 0.5) is 4.39 Å². The molecule has 1 heterocycles. The van der Waals surface area contributed by atoms with Gasteiger partial charge in [-0.3, -0.25) is 4.79 Å². The molecule has 150 valence electrons. The van der Waals surface area contributed by atoms with Gasteiger partial charge in [0, 0.05) is 12.5 Å². The molecule has 1 amide bonds. The minimum atomic E-state index is -0.304. The van der Waals surface area contributed by atoms with Crippen molar-refractivity contribution < 1.29 is 9.18 Å². The number of carbonyl (C=O) groups excluding carboxylic acids is 1. The Bertz CT molecular complexity index is 970. The van der Waals surface area contributed by atoms with Gasteiger partial charge in [0.2, 0.25) is 11.1 Å². The number of nitrogens with one attached hydrogen (secondary N) is 1. The Kier molecular flexibility index (Phi) is 5.94. The zero-order chi connectivity index (χ0) is 20.2. The number of benzene rings is 2. The molecule has 1 aliphatic carbocycles. The molecule has 1 fully saturated rings. The van der Waals surface area contributed by atoms with Gasteiger partial charge in [-0.2, -0.15) is 0 Å². The molecule has 1 N–H and O–H groups in total. The van der Waals surface area contributed by atoms with Crippen LogP contribution in [0.2, 0.25) is 0 Å². The molecule has 2 aromatic carbocycles. The van der Waals surface area contributed by atoms with Gasteiger partial charge in [0.15, 0.2) is 0 Å². The molecule has 7 heteroatoms. The van der Waals surface area contributed by atoms with E-state index >= 15 is 0 Å². The average molecular weight is 411 g/mol. The Balaban J connectivity index is 1.36. The third kappa shape index (κ3) is 5.03. The number of amides is 1. The second-order valence-electron chi connectivity index (χ2n) is 7.20. The quantitative estimate of drug-likeness (QED) is 0.568. The summed E-state index contributed by atoms with van der Waals surface area (Å²) in [4.78, 5) is 17.2. The molecular weight excluding hydrogens is 387 g/mol. The van der Waals surface area contributed by atoms with Gasteiger partial charge in [0.25, 0.3) is 0 Å². The maximum atomic E-state index is 13.0. The van der Waals surface area contributed by atoms with Gasteiger partial charge in [0.05, 0.1) is 10.9 Å². The van der Waals surface area contributed by atoms with E-state index in [0.29, 0.717) is 24.0 Å². The zero-order valence-corrected chi connectivity index (χ0v) is 17.0. The van der Waals surface area contributed by atoms with Crippen LogP contribution >= 0.6 is 11.8 Å². The summed E-state index contributed by atoms with van der Waals surface area (Å²) >= 11 is 1.37. The molecule has 0 unspecified atom stereocenters. The van der Waals surface area contributed by atoms with Crippen LogP contribution in [0.3, 0.4) is 0 Å². The van der Waals surface area contributed by atoms with Crippen molar-refractivity contribution in [3.63, 3.8) is 0 Å². The highest BCUT2D eigenvalue weighted by Crippen LogP contribution is 2.40. The molecule has 4 rings (SSSR count). The molecule has 1 saturated carbocycles. The number of thioether (sulfide) groups is 1. The molecule has 0 radical (unpaired) electrons. The maximum absolute atomic E-state index is 13.0. The van der Waals surface area contributed by atoms with E-state index in [0.717, 1.165) is 29.9 Å². The lowest BCUT2D eigenvalue weighted by molar-refractivity contribution is -0.120. The monoisotopic (exact) mass is 410 g/mol. The first-order valence-corrected chi connectivity index (χ1v) is 10.7. The maximum Gasteiger partial charge on any atom is 0.233 e. The number of aromatic nitrogens is 3. The lowest BCUT2D eigenvalue weighted by atomic mass is 10.1. The number of halogens is 1. The SMILES string of the molecule is C[C@@H](Sc1nc(C2CC2)n(-c2ccccc2)n1)C(=O)NCCc1ccc(F)cc1. The fourth-order valence-corrected chi connectivity index (χ4v) is 3.84. The number of hydrogen-bond acceptors (Lipinski definition) is 4. The molecule has 1 aliphatic rings. The largest absolute Gasteiger partial charge is 0.355 e. The van der Waals surface area contributed by atoms with Crippen molar-refractivity contribution in [1.29, 1.82) is 0 Å².